The van der Waals surface area contributed by atoms with Crippen LogP contribution in [-0.4, -0.2) is 37.9 Å². The monoisotopic (exact) mass is 262 g/mol. The Hall–Kier alpha value is -1.14. The average molecular weight is 263 g/mol. The van der Waals surface area contributed by atoms with E-state index < -0.39 is 9.84 Å². The van der Waals surface area contributed by atoms with Gasteiger partial charge in [-0.05, 0) is 12.1 Å². The number of aromatic nitrogens is 1. The van der Waals surface area contributed by atoms with Gasteiger partial charge >= 0.3 is 0 Å². The first-order chi connectivity index (χ1) is 7.38. The molecule has 1 aromatic heterocycles. The summed E-state index contributed by atoms with van der Waals surface area (Å²) in [5.41, 5.74) is 0.345. The van der Waals surface area contributed by atoms with Crippen LogP contribution in [0.15, 0.2) is 18.3 Å². The molecule has 16 heavy (non-hydrogen) atoms. The Morgan fingerprint density at radius 2 is 2.19 bits per heavy atom. The maximum absolute atomic E-state index is 11.5. The molecule has 0 saturated heterocycles. The number of hydrogen-bond acceptors (Lipinski definition) is 4. The van der Waals surface area contributed by atoms with Gasteiger partial charge < -0.3 is 5.32 Å². The van der Waals surface area contributed by atoms with Gasteiger partial charge in [0.05, 0.1) is 11.3 Å². The number of halogens is 1. The molecular formula is C9H11ClN2O3S. The second-order valence-electron chi connectivity index (χ2n) is 3.26. The summed E-state index contributed by atoms with van der Waals surface area (Å²) in [6.07, 6.45) is 2.45. The van der Waals surface area contributed by atoms with Crippen LogP contribution in [0.3, 0.4) is 0 Å². The second-order valence-corrected chi connectivity index (χ2v) is 5.90. The van der Waals surface area contributed by atoms with Gasteiger partial charge in [-0.3, -0.25) is 4.79 Å². The third kappa shape index (κ3) is 4.59. The minimum Gasteiger partial charge on any atom is -0.351 e. The minimum absolute atomic E-state index is 0.0836. The van der Waals surface area contributed by atoms with Crippen LogP contribution in [0.2, 0.25) is 5.15 Å². The lowest BCUT2D eigenvalue weighted by Gasteiger charge is -2.03. The number of nitrogens with one attached hydrogen (secondary N) is 1. The van der Waals surface area contributed by atoms with Gasteiger partial charge in [-0.2, -0.15) is 0 Å². The minimum atomic E-state index is -3.06. The molecule has 0 spiro atoms. The van der Waals surface area contributed by atoms with Gasteiger partial charge in [-0.15, -0.1) is 0 Å². The molecule has 7 heteroatoms. The Balaban J connectivity index is 2.50. The Bertz CT molecular complexity index is 470. The molecular weight excluding hydrogens is 252 g/mol. The molecule has 0 atom stereocenters. The van der Waals surface area contributed by atoms with Crippen molar-refractivity contribution in [1.29, 1.82) is 0 Å². The van der Waals surface area contributed by atoms with Crippen molar-refractivity contribution in [3.8, 4) is 0 Å². The second kappa shape index (κ2) is 5.27. The Morgan fingerprint density at radius 3 is 2.69 bits per heavy atom. The molecule has 1 heterocycles. The highest BCUT2D eigenvalue weighted by molar-refractivity contribution is 7.90. The van der Waals surface area contributed by atoms with Crippen LogP contribution in [0, 0.1) is 0 Å². The summed E-state index contributed by atoms with van der Waals surface area (Å²) < 4.78 is 21.6. The molecule has 0 aliphatic rings. The van der Waals surface area contributed by atoms with Gasteiger partial charge in [0.1, 0.15) is 15.0 Å². The Morgan fingerprint density at radius 1 is 1.50 bits per heavy atom. The first-order valence-electron chi connectivity index (χ1n) is 4.46. The number of rotatable bonds is 4. The van der Waals surface area contributed by atoms with Gasteiger partial charge in [0, 0.05) is 19.0 Å². The fraction of sp³-hybridized carbons (Fsp3) is 0.333. The van der Waals surface area contributed by atoms with E-state index in [9.17, 15) is 13.2 Å². The molecule has 0 unspecified atom stereocenters. The standard InChI is InChI=1S/C9H11ClN2O3S/c1-16(14,15)5-4-11-9(13)7-2-3-8(10)12-6-7/h2-3,6H,4-5H2,1H3,(H,11,13). The van der Waals surface area contributed by atoms with Crippen LogP contribution < -0.4 is 5.32 Å². The number of pyridine rings is 1. The molecule has 0 fully saturated rings. The van der Waals surface area contributed by atoms with Crippen LogP contribution in [0.1, 0.15) is 10.4 Å². The number of carbonyl (C=O) groups is 1. The van der Waals surface area contributed by atoms with Crippen LogP contribution in [0.5, 0.6) is 0 Å². The van der Waals surface area contributed by atoms with E-state index in [1.54, 1.807) is 0 Å². The first kappa shape index (κ1) is 12.9. The van der Waals surface area contributed by atoms with Crippen molar-refractivity contribution in [3.05, 3.63) is 29.0 Å². The van der Waals surface area contributed by atoms with E-state index >= 15 is 0 Å². The molecule has 0 aromatic carbocycles. The Labute approximate surface area is 98.8 Å². The van der Waals surface area contributed by atoms with E-state index in [1.165, 1.54) is 18.3 Å². The highest BCUT2D eigenvalue weighted by atomic mass is 35.5. The fourth-order valence-corrected chi connectivity index (χ4v) is 1.55. The predicted molar refractivity (Wildman–Crippen MR) is 61.3 cm³/mol. The largest absolute Gasteiger partial charge is 0.351 e. The highest BCUT2D eigenvalue weighted by Crippen LogP contribution is 2.04. The zero-order valence-corrected chi connectivity index (χ0v) is 10.2. The predicted octanol–water partition coefficient (Wildman–Crippen LogP) is 0.509. The number of amides is 1. The summed E-state index contributed by atoms with van der Waals surface area (Å²) in [4.78, 5) is 15.2. The van der Waals surface area contributed by atoms with Crippen molar-refractivity contribution in [2.75, 3.05) is 18.6 Å². The van der Waals surface area contributed by atoms with Gasteiger partial charge in [-0.1, -0.05) is 11.6 Å². The molecule has 0 radical (unpaired) electrons. The number of carbonyl (C=O) groups excluding carboxylic acids is 1. The van der Waals surface area contributed by atoms with E-state index in [0.29, 0.717) is 10.7 Å². The summed E-state index contributed by atoms with van der Waals surface area (Å²) >= 11 is 5.56. The van der Waals surface area contributed by atoms with Crippen LogP contribution in [-0.2, 0) is 9.84 Å². The zero-order chi connectivity index (χ0) is 12.2. The van der Waals surface area contributed by atoms with Crippen molar-refractivity contribution < 1.29 is 13.2 Å². The molecule has 0 bridgehead atoms. The molecule has 1 amide bonds. The normalized spacial score (nSPS) is 11.1. The SMILES string of the molecule is CS(=O)(=O)CCNC(=O)c1ccc(Cl)nc1. The van der Waals surface area contributed by atoms with Crippen molar-refractivity contribution in [2.24, 2.45) is 0 Å². The zero-order valence-electron chi connectivity index (χ0n) is 8.60. The number of nitrogens with zero attached hydrogens (tertiary/aromatic N) is 1. The summed E-state index contributed by atoms with van der Waals surface area (Å²) in [6, 6.07) is 3.01. The lowest BCUT2D eigenvalue weighted by Crippen LogP contribution is -2.28. The van der Waals surface area contributed by atoms with Gasteiger partial charge in [0.15, 0.2) is 0 Å². The third-order valence-electron chi connectivity index (χ3n) is 1.75. The summed E-state index contributed by atoms with van der Waals surface area (Å²) in [6.45, 7) is 0.0836. The third-order valence-corrected chi connectivity index (χ3v) is 2.92. The van der Waals surface area contributed by atoms with E-state index in [2.05, 4.69) is 10.3 Å². The van der Waals surface area contributed by atoms with E-state index in [4.69, 9.17) is 11.6 Å². The van der Waals surface area contributed by atoms with E-state index in [0.717, 1.165) is 6.26 Å². The summed E-state index contributed by atoms with van der Waals surface area (Å²) in [5.74, 6) is -0.451. The molecule has 5 nitrogen and oxygen atoms in total. The Kier molecular flexibility index (Phi) is 4.26. The lowest BCUT2D eigenvalue weighted by atomic mass is 10.3. The fourth-order valence-electron chi connectivity index (χ4n) is 0.962. The number of hydrogen-bond donors (Lipinski definition) is 1. The van der Waals surface area contributed by atoms with Crippen molar-refractivity contribution in [2.45, 2.75) is 0 Å². The molecule has 0 saturated carbocycles. The quantitative estimate of drug-likeness (QED) is 0.802. The molecule has 0 aliphatic carbocycles. The smallest absolute Gasteiger partial charge is 0.252 e. The molecule has 1 aromatic rings. The molecule has 0 aliphatic heterocycles. The van der Waals surface area contributed by atoms with E-state index in [-0.39, 0.29) is 18.2 Å². The number of sulfone groups is 1. The average Bonchev–Trinajstić information content (AvgIpc) is 2.16. The highest BCUT2D eigenvalue weighted by Gasteiger charge is 2.07. The lowest BCUT2D eigenvalue weighted by molar-refractivity contribution is 0.0956. The van der Waals surface area contributed by atoms with Gasteiger partial charge in [0.25, 0.3) is 5.91 Å². The van der Waals surface area contributed by atoms with Crippen LogP contribution in [0.4, 0.5) is 0 Å². The molecule has 88 valence electrons. The maximum Gasteiger partial charge on any atom is 0.252 e. The van der Waals surface area contributed by atoms with Gasteiger partial charge in [0.2, 0.25) is 0 Å². The maximum atomic E-state index is 11.5. The van der Waals surface area contributed by atoms with Crippen LogP contribution >= 0.6 is 11.6 Å². The van der Waals surface area contributed by atoms with Crippen LogP contribution in [0.25, 0.3) is 0 Å². The van der Waals surface area contributed by atoms with E-state index in [1.807, 2.05) is 0 Å². The first-order valence-corrected chi connectivity index (χ1v) is 6.90. The van der Waals surface area contributed by atoms with Crippen molar-refractivity contribution in [1.82, 2.24) is 10.3 Å². The van der Waals surface area contributed by atoms with Crippen molar-refractivity contribution in [3.63, 3.8) is 0 Å². The summed E-state index contributed by atoms with van der Waals surface area (Å²) in [7, 11) is -3.06. The molecule has 1 N–H and O–H groups in total. The summed E-state index contributed by atoms with van der Waals surface area (Å²) in [5, 5.41) is 2.77. The molecule has 1 rings (SSSR count). The topological polar surface area (TPSA) is 76.1 Å². The van der Waals surface area contributed by atoms with Crippen molar-refractivity contribution >= 4 is 27.3 Å². The van der Waals surface area contributed by atoms with Gasteiger partial charge in [-0.25, -0.2) is 13.4 Å².